The van der Waals surface area contributed by atoms with Gasteiger partial charge in [0, 0.05) is 23.4 Å². The Bertz CT molecular complexity index is 1180. The van der Waals surface area contributed by atoms with E-state index >= 15 is 0 Å². The summed E-state index contributed by atoms with van der Waals surface area (Å²) in [4.78, 5) is 24.7. The molecule has 1 aromatic heterocycles. The zero-order valence-electron chi connectivity index (χ0n) is 17.3. The van der Waals surface area contributed by atoms with Crippen molar-refractivity contribution >= 4 is 49.0 Å². The number of hydrogen-bond acceptors (Lipinski definition) is 6. The van der Waals surface area contributed by atoms with E-state index in [1.165, 1.54) is 18.4 Å². The van der Waals surface area contributed by atoms with Gasteiger partial charge in [0.15, 0.2) is 0 Å². The zero-order chi connectivity index (χ0) is 22.4. The Morgan fingerprint density at radius 3 is 2.48 bits per heavy atom. The molecule has 31 heavy (non-hydrogen) atoms. The Morgan fingerprint density at radius 1 is 1.06 bits per heavy atom. The molecule has 3 aromatic rings. The molecule has 0 unspecified atom stereocenters. The molecule has 9 heteroatoms. The van der Waals surface area contributed by atoms with Crippen molar-refractivity contribution in [3.63, 3.8) is 0 Å². The second kappa shape index (κ2) is 10.0. The van der Waals surface area contributed by atoms with Crippen molar-refractivity contribution < 1.29 is 22.7 Å². The summed E-state index contributed by atoms with van der Waals surface area (Å²) in [5.74, 6) is -0.532. The number of ether oxygens (including phenoxy) is 1. The van der Waals surface area contributed by atoms with E-state index < -0.39 is 10.0 Å². The maximum Gasteiger partial charge on any atom is 0.348 e. The summed E-state index contributed by atoms with van der Waals surface area (Å²) < 4.78 is 32.4. The Balaban J connectivity index is 1.58. The third-order valence-electron chi connectivity index (χ3n) is 4.60. The van der Waals surface area contributed by atoms with Crippen molar-refractivity contribution in [2.45, 2.75) is 31.1 Å². The summed E-state index contributed by atoms with van der Waals surface area (Å²) in [5.41, 5.74) is 1.52. The fourth-order valence-corrected chi connectivity index (χ4v) is 5.05. The zero-order valence-corrected chi connectivity index (χ0v) is 18.9. The van der Waals surface area contributed by atoms with Crippen LogP contribution in [0.15, 0.2) is 53.4 Å². The van der Waals surface area contributed by atoms with Gasteiger partial charge in [-0.1, -0.05) is 19.1 Å². The highest BCUT2D eigenvalue weighted by Gasteiger charge is 2.13. The van der Waals surface area contributed by atoms with E-state index in [4.69, 9.17) is 4.74 Å². The van der Waals surface area contributed by atoms with Gasteiger partial charge in [-0.25, -0.2) is 17.9 Å². The summed E-state index contributed by atoms with van der Waals surface area (Å²) in [6.45, 7) is 2.29. The smallest absolute Gasteiger partial charge is 0.348 e. The molecule has 0 saturated carbocycles. The summed E-state index contributed by atoms with van der Waals surface area (Å²) in [6.07, 6.45) is 1.47. The lowest BCUT2D eigenvalue weighted by molar-refractivity contribution is -0.116. The van der Waals surface area contributed by atoms with Gasteiger partial charge in [-0.15, -0.1) is 11.3 Å². The number of sulfonamides is 1. The molecule has 0 aliphatic heterocycles. The highest BCUT2D eigenvalue weighted by atomic mass is 32.2. The first-order chi connectivity index (χ1) is 14.8. The van der Waals surface area contributed by atoms with Gasteiger partial charge in [0.25, 0.3) is 0 Å². The average Bonchev–Trinajstić information content (AvgIpc) is 3.19. The molecule has 164 valence electrons. The van der Waals surface area contributed by atoms with E-state index in [1.807, 2.05) is 19.1 Å². The summed E-state index contributed by atoms with van der Waals surface area (Å²) in [6, 6.07) is 13.8. The molecule has 2 aromatic carbocycles. The molecule has 1 heterocycles. The normalized spacial score (nSPS) is 11.4. The van der Waals surface area contributed by atoms with Crippen LogP contribution in [0.3, 0.4) is 0 Å². The highest BCUT2D eigenvalue weighted by molar-refractivity contribution is 7.89. The van der Waals surface area contributed by atoms with Crippen molar-refractivity contribution in [1.29, 1.82) is 0 Å². The number of carbonyl (C=O) groups excluding carboxylic acids is 2. The fraction of sp³-hybridized carbons (Fsp3) is 0.273. The van der Waals surface area contributed by atoms with Crippen molar-refractivity contribution in [3.05, 3.63) is 59.0 Å². The average molecular weight is 461 g/mol. The van der Waals surface area contributed by atoms with Gasteiger partial charge in [-0.3, -0.25) is 4.79 Å². The van der Waals surface area contributed by atoms with E-state index in [-0.39, 0.29) is 23.2 Å². The third kappa shape index (κ3) is 5.90. The van der Waals surface area contributed by atoms with Gasteiger partial charge in [-0.05, 0) is 60.2 Å². The largest absolute Gasteiger partial charge is 0.465 e. The Morgan fingerprint density at radius 2 is 1.81 bits per heavy atom. The van der Waals surface area contributed by atoms with Crippen molar-refractivity contribution in [2.24, 2.45) is 0 Å². The van der Waals surface area contributed by atoms with Crippen LogP contribution < -0.4 is 10.0 Å². The standard InChI is InChI=1S/C22H24N2O5S2/c1-3-12-23-31(27,28)18-8-4-15(5-9-18)6-11-21(25)24-17-7-10-19-16(13-17)14-20(30-19)22(26)29-2/h4-5,7-10,13-14,23H,3,6,11-12H2,1-2H3,(H,24,25). The number of thiophene rings is 1. The van der Waals surface area contributed by atoms with E-state index in [9.17, 15) is 18.0 Å². The SMILES string of the molecule is CCCNS(=O)(=O)c1ccc(CCC(=O)Nc2ccc3sc(C(=O)OC)cc3c2)cc1. The van der Waals surface area contributed by atoms with E-state index in [2.05, 4.69) is 10.0 Å². The lowest BCUT2D eigenvalue weighted by atomic mass is 10.1. The number of esters is 1. The van der Waals surface area contributed by atoms with Gasteiger partial charge < -0.3 is 10.1 Å². The van der Waals surface area contributed by atoms with Crippen LogP contribution >= 0.6 is 11.3 Å². The molecule has 0 aliphatic rings. The Kier molecular flexibility index (Phi) is 7.42. The van der Waals surface area contributed by atoms with E-state index in [1.54, 1.807) is 36.4 Å². The first-order valence-corrected chi connectivity index (χ1v) is 12.1. The lowest BCUT2D eigenvalue weighted by Crippen LogP contribution is -2.24. The minimum absolute atomic E-state index is 0.149. The minimum Gasteiger partial charge on any atom is -0.465 e. The third-order valence-corrected chi connectivity index (χ3v) is 7.18. The van der Waals surface area contributed by atoms with Crippen LogP contribution in [0.25, 0.3) is 10.1 Å². The molecule has 0 saturated heterocycles. The van der Waals surface area contributed by atoms with E-state index in [0.29, 0.717) is 23.5 Å². The number of benzene rings is 2. The second-order valence-electron chi connectivity index (χ2n) is 6.94. The molecule has 0 aliphatic carbocycles. The summed E-state index contributed by atoms with van der Waals surface area (Å²) in [5, 5.41) is 3.72. The number of fused-ring (bicyclic) bond motifs is 1. The first-order valence-electron chi connectivity index (χ1n) is 9.82. The van der Waals surface area contributed by atoms with Gasteiger partial charge >= 0.3 is 5.97 Å². The Hall–Kier alpha value is -2.75. The predicted molar refractivity (Wildman–Crippen MR) is 122 cm³/mol. The van der Waals surface area contributed by atoms with Crippen LogP contribution in [0.5, 0.6) is 0 Å². The number of aryl methyl sites for hydroxylation is 1. The Labute approximate surface area is 185 Å². The molecular weight excluding hydrogens is 436 g/mol. The van der Waals surface area contributed by atoms with Crippen LogP contribution in [0, 0.1) is 0 Å². The number of amides is 1. The lowest BCUT2D eigenvalue weighted by Gasteiger charge is -2.08. The molecule has 2 N–H and O–H groups in total. The summed E-state index contributed by atoms with van der Waals surface area (Å²) in [7, 11) is -2.15. The summed E-state index contributed by atoms with van der Waals surface area (Å²) >= 11 is 1.34. The van der Waals surface area contributed by atoms with Gasteiger partial charge in [0.2, 0.25) is 15.9 Å². The first kappa shape index (κ1) is 22.9. The molecule has 1 amide bonds. The monoisotopic (exact) mass is 460 g/mol. The van der Waals surface area contributed by atoms with Gasteiger partial charge in [0.05, 0.1) is 12.0 Å². The molecule has 0 atom stereocenters. The molecule has 0 bridgehead atoms. The quantitative estimate of drug-likeness (QED) is 0.471. The second-order valence-corrected chi connectivity index (χ2v) is 9.80. The van der Waals surface area contributed by atoms with Crippen molar-refractivity contribution in [1.82, 2.24) is 4.72 Å². The molecule has 7 nitrogen and oxygen atoms in total. The molecule has 0 fully saturated rings. The minimum atomic E-state index is -3.49. The van der Waals surface area contributed by atoms with E-state index in [0.717, 1.165) is 22.1 Å². The number of anilines is 1. The number of hydrogen-bond donors (Lipinski definition) is 2. The van der Waals surface area contributed by atoms with Gasteiger partial charge in [-0.2, -0.15) is 0 Å². The molecule has 0 radical (unpaired) electrons. The highest BCUT2D eigenvalue weighted by Crippen LogP contribution is 2.28. The molecule has 3 rings (SSSR count). The number of carbonyl (C=O) groups is 2. The van der Waals surface area contributed by atoms with Gasteiger partial charge in [0.1, 0.15) is 4.88 Å². The van der Waals surface area contributed by atoms with Crippen molar-refractivity contribution in [3.8, 4) is 0 Å². The van der Waals surface area contributed by atoms with Crippen LogP contribution in [0.4, 0.5) is 5.69 Å². The molecular formula is C22H24N2O5S2. The number of nitrogens with one attached hydrogen (secondary N) is 2. The molecule has 0 spiro atoms. The van der Waals surface area contributed by atoms with Crippen LogP contribution in [-0.2, 0) is 26.0 Å². The van der Waals surface area contributed by atoms with Crippen molar-refractivity contribution in [2.75, 3.05) is 19.0 Å². The topological polar surface area (TPSA) is 102 Å². The van der Waals surface area contributed by atoms with Crippen LogP contribution in [0.1, 0.15) is 35.0 Å². The maximum atomic E-state index is 12.3. The number of rotatable bonds is 9. The maximum absolute atomic E-state index is 12.3. The van der Waals surface area contributed by atoms with Crippen LogP contribution in [0.2, 0.25) is 0 Å². The van der Waals surface area contributed by atoms with Crippen LogP contribution in [-0.4, -0.2) is 33.9 Å². The predicted octanol–water partition coefficient (Wildman–Crippen LogP) is 3.95. The fourth-order valence-electron chi connectivity index (χ4n) is 2.96. The number of methoxy groups -OCH3 is 1.